The van der Waals surface area contributed by atoms with Crippen LogP contribution in [0.15, 0.2) is 108 Å². The number of hydrogen-bond donors (Lipinski definition) is 1. The monoisotopic (exact) mass is 661 g/mol. The molecular formula is C36H40ClN3O5S. The minimum absolute atomic E-state index is 0.00942. The van der Waals surface area contributed by atoms with Crippen molar-refractivity contribution in [1.29, 1.82) is 0 Å². The molecule has 2 unspecified atom stereocenters. The van der Waals surface area contributed by atoms with E-state index in [0.717, 1.165) is 21.0 Å². The minimum atomic E-state index is -4.24. The molecule has 10 heteroatoms. The Hall–Kier alpha value is -4.34. The van der Waals surface area contributed by atoms with Gasteiger partial charge in [-0.1, -0.05) is 96.9 Å². The number of nitrogens with zero attached hydrogens (tertiary/aromatic N) is 2. The molecule has 242 valence electrons. The first-order chi connectivity index (χ1) is 22.0. The highest BCUT2D eigenvalue weighted by Crippen LogP contribution is 2.32. The molecule has 0 saturated carbocycles. The third-order valence-corrected chi connectivity index (χ3v) is 9.86. The Bertz CT molecular complexity index is 1720. The van der Waals surface area contributed by atoms with Crippen LogP contribution in [0.5, 0.6) is 5.75 Å². The van der Waals surface area contributed by atoms with Gasteiger partial charge in [0.05, 0.1) is 22.7 Å². The van der Waals surface area contributed by atoms with Gasteiger partial charge in [-0.3, -0.25) is 13.9 Å². The van der Waals surface area contributed by atoms with Gasteiger partial charge in [-0.2, -0.15) is 0 Å². The highest BCUT2D eigenvalue weighted by Gasteiger charge is 2.35. The van der Waals surface area contributed by atoms with Crippen LogP contribution in [0.4, 0.5) is 5.69 Å². The summed E-state index contributed by atoms with van der Waals surface area (Å²) in [5, 5.41) is 3.23. The summed E-state index contributed by atoms with van der Waals surface area (Å²) >= 11 is 6.44. The lowest BCUT2D eigenvalue weighted by molar-refractivity contribution is -0.140. The molecule has 0 aliphatic heterocycles. The average Bonchev–Trinajstić information content (AvgIpc) is 3.06. The highest BCUT2D eigenvalue weighted by molar-refractivity contribution is 7.92. The van der Waals surface area contributed by atoms with Crippen LogP contribution in [-0.4, -0.2) is 50.9 Å². The van der Waals surface area contributed by atoms with E-state index >= 15 is 0 Å². The first kappa shape index (κ1) is 34.5. The van der Waals surface area contributed by atoms with Crippen molar-refractivity contribution in [2.45, 2.75) is 57.1 Å². The molecule has 0 aliphatic carbocycles. The fraction of sp³-hybridized carbons (Fsp3) is 0.278. The van der Waals surface area contributed by atoms with Gasteiger partial charge in [-0.15, -0.1) is 0 Å². The van der Waals surface area contributed by atoms with Gasteiger partial charge in [0, 0.05) is 19.0 Å². The van der Waals surface area contributed by atoms with Crippen molar-refractivity contribution < 1.29 is 22.7 Å². The molecular weight excluding hydrogens is 622 g/mol. The molecule has 4 aromatic carbocycles. The lowest BCUT2D eigenvalue weighted by atomic mass is 10.0. The van der Waals surface area contributed by atoms with Gasteiger partial charge >= 0.3 is 0 Å². The number of carbonyl (C=O) groups is 2. The molecule has 0 aromatic heterocycles. The number of anilines is 1. The van der Waals surface area contributed by atoms with Crippen molar-refractivity contribution in [3.8, 4) is 5.75 Å². The Balaban J connectivity index is 1.82. The Morgan fingerprint density at radius 1 is 0.891 bits per heavy atom. The molecule has 0 radical (unpaired) electrons. The van der Waals surface area contributed by atoms with Crippen molar-refractivity contribution in [3.05, 3.63) is 125 Å². The van der Waals surface area contributed by atoms with Gasteiger partial charge in [0.25, 0.3) is 10.0 Å². The number of sulfonamides is 1. The van der Waals surface area contributed by atoms with Crippen LogP contribution in [0.2, 0.25) is 5.02 Å². The number of hydrogen-bond acceptors (Lipinski definition) is 5. The van der Waals surface area contributed by atoms with Gasteiger partial charge in [-0.05, 0) is 61.7 Å². The van der Waals surface area contributed by atoms with E-state index in [9.17, 15) is 18.0 Å². The van der Waals surface area contributed by atoms with Crippen LogP contribution in [0.1, 0.15) is 37.0 Å². The Morgan fingerprint density at radius 3 is 2.11 bits per heavy atom. The van der Waals surface area contributed by atoms with Gasteiger partial charge in [-0.25, -0.2) is 8.42 Å². The largest absolute Gasteiger partial charge is 0.495 e. The van der Waals surface area contributed by atoms with E-state index in [0.29, 0.717) is 12.2 Å². The summed E-state index contributed by atoms with van der Waals surface area (Å²) in [5.74, 6) is -0.504. The molecule has 0 heterocycles. The number of benzene rings is 4. The molecule has 1 N–H and O–H groups in total. The average molecular weight is 662 g/mol. The van der Waals surface area contributed by atoms with Crippen molar-refractivity contribution in [2.75, 3.05) is 18.0 Å². The summed E-state index contributed by atoms with van der Waals surface area (Å²) in [4.78, 5) is 30.0. The minimum Gasteiger partial charge on any atom is -0.495 e. The van der Waals surface area contributed by atoms with E-state index in [2.05, 4.69) is 5.32 Å². The van der Waals surface area contributed by atoms with Gasteiger partial charge < -0.3 is 15.0 Å². The molecule has 0 saturated heterocycles. The molecule has 0 bridgehead atoms. The molecule has 46 heavy (non-hydrogen) atoms. The summed E-state index contributed by atoms with van der Waals surface area (Å²) < 4.78 is 34.6. The second-order valence-corrected chi connectivity index (χ2v) is 13.4. The van der Waals surface area contributed by atoms with Gasteiger partial charge in [0.1, 0.15) is 18.3 Å². The topological polar surface area (TPSA) is 96.0 Å². The first-order valence-electron chi connectivity index (χ1n) is 15.1. The molecule has 8 nitrogen and oxygen atoms in total. The quantitative estimate of drug-likeness (QED) is 0.169. The van der Waals surface area contributed by atoms with Crippen LogP contribution in [0.25, 0.3) is 0 Å². The second kappa shape index (κ2) is 15.8. The number of rotatable bonds is 14. The zero-order valence-corrected chi connectivity index (χ0v) is 28.1. The molecule has 0 fully saturated rings. The number of nitrogens with one attached hydrogen (secondary N) is 1. The molecule has 2 atom stereocenters. The van der Waals surface area contributed by atoms with Crippen LogP contribution >= 0.6 is 11.6 Å². The third-order valence-electron chi connectivity index (χ3n) is 7.78. The maximum atomic E-state index is 14.6. The number of aryl methyl sites for hydroxylation is 1. The van der Waals surface area contributed by atoms with E-state index in [1.807, 2.05) is 75.4 Å². The van der Waals surface area contributed by atoms with E-state index in [-0.39, 0.29) is 40.5 Å². The smallest absolute Gasteiger partial charge is 0.264 e. The van der Waals surface area contributed by atoms with E-state index in [1.54, 1.807) is 30.3 Å². The maximum absolute atomic E-state index is 14.6. The van der Waals surface area contributed by atoms with E-state index in [1.165, 1.54) is 30.2 Å². The van der Waals surface area contributed by atoms with Gasteiger partial charge in [0.15, 0.2) is 0 Å². The van der Waals surface area contributed by atoms with E-state index < -0.39 is 28.5 Å². The molecule has 4 aromatic rings. The summed E-state index contributed by atoms with van der Waals surface area (Å²) in [6.07, 6.45) is 0.942. The third kappa shape index (κ3) is 8.68. The Labute approximate surface area is 277 Å². The van der Waals surface area contributed by atoms with Crippen LogP contribution in [-0.2, 0) is 32.6 Å². The predicted octanol–water partition coefficient (Wildman–Crippen LogP) is 6.41. The lowest BCUT2D eigenvalue weighted by Gasteiger charge is -2.34. The molecule has 4 rings (SSSR count). The normalized spacial score (nSPS) is 12.5. The van der Waals surface area contributed by atoms with Crippen molar-refractivity contribution in [2.24, 2.45) is 0 Å². The number of methoxy groups -OCH3 is 1. The number of ether oxygens (including phenoxy) is 1. The van der Waals surface area contributed by atoms with Crippen LogP contribution < -0.4 is 14.4 Å². The summed E-state index contributed by atoms with van der Waals surface area (Å²) in [6, 6.07) is 28.5. The zero-order valence-electron chi connectivity index (χ0n) is 26.5. The fourth-order valence-electron chi connectivity index (χ4n) is 4.94. The van der Waals surface area contributed by atoms with Crippen molar-refractivity contribution >= 4 is 39.1 Å². The second-order valence-electron chi connectivity index (χ2n) is 11.2. The molecule has 0 aliphatic rings. The highest BCUT2D eigenvalue weighted by atomic mass is 35.5. The molecule has 0 spiro atoms. The lowest BCUT2D eigenvalue weighted by Crippen LogP contribution is -2.54. The standard InChI is InChI=1S/C36H40ClN3O5S/c1-5-27(3)38-36(42)33(22-28-12-8-6-9-13-28)39(24-29-18-16-26(2)17-19-29)35(41)25-40(30-20-21-34(45-4)32(37)23-30)46(43,44)31-14-10-7-11-15-31/h6-21,23,27,33H,5,22,24-25H2,1-4H3,(H,38,42). The number of carbonyl (C=O) groups excluding carboxylic acids is 2. The Morgan fingerprint density at radius 2 is 1.52 bits per heavy atom. The van der Waals surface area contributed by atoms with Crippen molar-refractivity contribution in [3.63, 3.8) is 0 Å². The van der Waals surface area contributed by atoms with Gasteiger partial charge in [0.2, 0.25) is 11.8 Å². The zero-order chi connectivity index (χ0) is 33.3. The number of halogens is 1. The summed E-state index contributed by atoms with van der Waals surface area (Å²) in [6.45, 7) is 5.36. The molecule has 2 amide bonds. The SMILES string of the molecule is CCC(C)NC(=O)C(Cc1ccccc1)N(Cc1ccc(C)cc1)C(=O)CN(c1ccc(OC)c(Cl)c1)S(=O)(=O)c1ccccc1. The number of amides is 2. The van der Waals surface area contributed by atoms with Crippen LogP contribution in [0, 0.1) is 6.92 Å². The maximum Gasteiger partial charge on any atom is 0.264 e. The predicted molar refractivity (Wildman–Crippen MR) is 183 cm³/mol. The summed E-state index contributed by atoms with van der Waals surface area (Å²) in [5.41, 5.74) is 2.90. The van der Waals surface area contributed by atoms with Crippen molar-refractivity contribution in [1.82, 2.24) is 10.2 Å². The summed E-state index contributed by atoms with van der Waals surface area (Å²) in [7, 11) is -2.78. The first-order valence-corrected chi connectivity index (χ1v) is 17.0. The van der Waals surface area contributed by atoms with E-state index in [4.69, 9.17) is 16.3 Å². The Kier molecular flexibility index (Phi) is 11.8. The fourth-order valence-corrected chi connectivity index (χ4v) is 6.62. The van der Waals surface area contributed by atoms with Crippen LogP contribution in [0.3, 0.4) is 0 Å².